The monoisotopic (exact) mass is 550 g/mol. The molecule has 0 amide bonds. The Morgan fingerprint density at radius 2 is 0.895 bits per heavy atom. The van der Waals surface area contributed by atoms with Crippen molar-refractivity contribution < 1.29 is 27.2 Å². The third-order valence-corrected chi connectivity index (χ3v) is 10.1. The molecule has 4 aromatic rings. The fourth-order valence-corrected chi connectivity index (χ4v) is 7.71. The molecule has 4 rings (SSSR count). The van der Waals surface area contributed by atoms with E-state index in [9.17, 15) is 9.13 Å². The highest BCUT2D eigenvalue weighted by atomic mass is 31.2. The van der Waals surface area contributed by atoms with Crippen LogP contribution in [0.1, 0.15) is 26.2 Å². The number of para-hydroxylation sites is 4. The second-order valence-corrected chi connectivity index (χ2v) is 12.9. The summed E-state index contributed by atoms with van der Waals surface area (Å²) in [7, 11) is -7.25. The summed E-state index contributed by atoms with van der Waals surface area (Å²) in [4.78, 5) is 0. The molecule has 0 fully saturated rings. The SMILES string of the molecule is CCC(CCCP(=O)(Oc1ccccc1)Oc1ccccc1)P(=O)(Oc1ccccc1)Oc1ccccc1. The van der Waals surface area contributed by atoms with E-state index in [1.165, 1.54) is 0 Å². The maximum Gasteiger partial charge on any atom is 0.433 e. The third-order valence-electron chi connectivity index (χ3n) is 5.81. The molecule has 0 spiro atoms. The van der Waals surface area contributed by atoms with E-state index in [1.807, 2.05) is 79.7 Å². The maximum atomic E-state index is 14.2. The minimum atomic E-state index is -3.66. The average Bonchev–Trinajstić information content (AvgIpc) is 2.93. The largest absolute Gasteiger partial charge is 0.433 e. The Morgan fingerprint density at radius 3 is 1.24 bits per heavy atom. The third kappa shape index (κ3) is 8.02. The van der Waals surface area contributed by atoms with E-state index in [4.69, 9.17) is 18.1 Å². The number of rotatable bonds is 14. The second-order valence-electron chi connectivity index (χ2n) is 8.70. The van der Waals surface area contributed by atoms with Gasteiger partial charge in [0.15, 0.2) is 0 Å². The summed E-state index contributed by atoms with van der Waals surface area (Å²) in [6.07, 6.45) is 1.54. The van der Waals surface area contributed by atoms with Gasteiger partial charge in [-0.1, -0.05) is 79.7 Å². The van der Waals surface area contributed by atoms with Crippen molar-refractivity contribution in [3.05, 3.63) is 121 Å². The molecule has 0 aliphatic rings. The number of hydrogen-bond donors (Lipinski definition) is 0. The summed E-state index contributed by atoms with van der Waals surface area (Å²) in [5.74, 6) is 1.86. The smallest absolute Gasteiger partial charge is 0.416 e. The van der Waals surface area contributed by atoms with E-state index >= 15 is 0 Å². The molecule has 0 radical (unpaired) electrons. The fourth-order valence-electron chi connectivity index (χ4n) is 3.92. The van der Waals surface area contributed by atoms with Crippen molar-refractivity contribution in [2.75, 3.05) is 6.16 Å². The van der Waals surface area contributed by atoms with Gasteiger partial charge in [-0.3, -0.25) is 0 Å². The molecule has 198 valence electrons. The van der Waals surface area contributed by atoms with Crippen LogP contribution in [0, 0.1) is 0 Å². The van der Waals surface area contributed by atoms with Crippen molar-refractivity contribution >= 4 is 15.2 Å². The molecule has 0 saturated heterocycles. The summed E-state index contributed by atoms with van der Waals surface area (Å²) in [6.45, 7) is 1.94. The van der Waals surface area contributed by atoms with Crippen LogP contribution in [0.2, 0.25) is 0 Å². The lowest BCUT2D eigenvalue weighted by atomic mass is 10.2. The molecule has 38 heavy (non-hydrogen) atoms. The normalized spacial score (nSPS) is 12.3. The molecule has 0 N–H and O–H groups in total. The van der Waals surface area contributed by atoms with Gasteiger partial charge >= 0.3 is 15.2 Å². The Balaban J connectivity index is 1.52. The maximum absolute atomic E-state index is 14.2. The number of hydrogen-bond acceptors (Lipinski definition) is 6. The first-order valence-electron chi connectivity index (χ1n) is 12.7. The van der Waals surface area contributed by atoms with Gasteiger partial charge in [-0.25, -0.2) is 9.13 Å². The first-order chi connectivity index (χ1) is 18.5. The summed E-state index contributed by atoms with van der Waals surface area (Å²) in [6, 6.07) is 36.0. The first kappa shape index (κ1) is 27.6. The Morgan fingerprint density at radius 1 is 0.553 bits per heavy atom. The Bertz CT molecular complexity index is 1240. The van der Waals surface area contributed by atoms with Gasteiger partial charge in [-0.05, 0) is 67.8 Å². The van der Waals surface area contributed by atoms with Crippen LogP contribution in [0.4, 0.5) is 0 Å². The summed E-state index contributed by atoms with van der Waals surface area (Å²) < 4.78 is 52.0. The summed E-state index contributed by atoms with van der Waals surface area (Å²) in [5, 5.41) is 0. The van der Waals surface area contributed by atoms with Crippen LogP contribution < -0.4 is 18.1 Å². The van der Waals surface area contributed by atoms with Crippen LogP contribution in [0.3, 0.4) is 0 Å². The van der Waals surface area contributed by atoms with Gasteiger partial charge in [0.25, 0.3) is 0 Å². The van der Waals surface area contributed by atoms with Gasteiger partial charge in [-0.2, -0.15) is 0 Å². The van der Waals surface area contributed by atoms with Crippen molar-refractivity contribution in [3.8, 4) is 23.0 Å². The van der Waals surface area contributed by atoms with Crippen LogP contribution in [-0.4, -0.2) is 11.8 Å². The zero-order chi connectivity index (χ0) is 26.7. The zero-order valence-corrected chi connectivity index (χ0v) is 23.1. The highest BCUT2D eigenvalue weighted by Gasteiger charge is 2.39. The van der Waals surface area contributed by atoms with Crippen LogP contribution in [0.15, 0.2) is 121 Å². The first-order valence-corrected chi connectivity index (χ1v) is 16.0. The van der Waals surface area contributed by atoms with Gasteiger partial charge in [0, 0.05) is 0 Å². The molecule has 6 nitrogen and oxygen atoms in total. The lowest BCUT2D eigenvalue weighted by Crippen LogP contribution is -2.17. The van der Waals surface area contributed by atoms with E-state index in [2.05, 4.69) is 0 Å². The molecule has 4 aromatic carbocycles. The topological polar surface area (TPSA) is 71.1 Å². The van der Waals surface area contributed by atoms with E-state index in [-0.39, 0.29) is 6.16 Å². The molecule has 0 aliphatic heterocycles. The van der Waals surface area contributed by atoms with Gasteiger partial charge in [0.2, 0.25) is 0 Å². The molecule has 0 aromatic heterocycles. The molecule has 0 aliphatic carbocycles. The van der Waals surface area contributed by atoms with E-state index in [0.29, 0.717) is 42.3 Å². The molecule has 1 unspecified atom stereocenters. The van der Waals surface area contributed by atoms with Crippen molar-refractivity contribution in [1.82, 2.24) is 0 Å². The zero-order valence-electron chi connectivity index (χ0n) is 21.3. The molecule has 1 atom stereocenters. The van der Waals surface area contributed by atoms with Crippen molar-refractivity contribution in [3.63, 3.8) is 0 Å². The van der Waals surface area contributed by atoms with Gasteiger partial charge < -0.3 is 18.1 Å². The Kier molecular flexibility index (Phi) is 9.70. The van der Waals surface area contributed by atoms with Crippen LogP contribution in [0.25, 0.3) is 0 Å². The standard InChI is InChI=1S/C30H32O6P2/c1-2-30(38(32,35-28-20-11-5-12-21-28)36-29-22-13-6-14-23-29)24-15-25-37(31,33-26-16-7-3-8-17-26)34-27-18-9-4-10-19-27/h3-14,16-23,30H,2,15,24-25H2,1H3. The van der Waals surface area contributed by atoms with Crippen molar-refractivity contribution in [2.45, 2.75) is 31.8 Å². The highest BCUT2D eigenvalue weighted by Crippen LogP contribution is 2.56. The highest BCUT2D eigenvalue weighted by molar-refractivity contribution is 7.55. The molecule has 8 heteroatoms. The molecule has 0 heterocycles. The summed E-state index contributed by atoms with van der Waals surface area (Å²) in [5.41, 5.74) is -0.440. The molecular weight excluding hydrogens is 518 g/mol. The molecule has 0 bridgehead atoms. The lowest BCUT2D eigenvalue weighted by Gasteiger charge is -2.27. The molecule has 0 saturated carbocycles. The van der Waals surface area contributed by atoms with Crippen molar-refractivity contribution in [2.24, 2.45) is 0 Å². The Labute approximate surface area is 224 Å². The average molecular weight is 551 g/mol. The minimum absolute atomic E-state index is 0.129. The van der Waals surface area contributed by atoms with E-state index in [1.54, 1.807) is 48.5 Å². The van der Waals surface area contributed by atoms with Crippen LogP contribution in [0.5, 0.6) is 23.0 Å². The lowest BCUT2D eigenvalue weighted by molar-refractivity contribution is 0.361. The van der Waals surface area contributed by atoms with Crippen LogP contribution in [-0.2, 0) is 9.13 Å². The predicted octanol–water partition coefficient (Wildman–Crippen LogP) is 9.25. The predicted molar refractivity (Wildman–Crippen MR) is 152 cm³/mol. The summed E-state index contributed by atoms with van der Waals surface area (Å²) >= 11 is 0. The van der Waals surface area contributed by atoms with Crippen LogP contribution >= 0.6 is 15.2 Å². The fraction of sp³-hybridized carbons (Fsp3) is 0.200. The van der Waals surface area contributed by atoms with Gasteiger partial charge in [-0.15, -0.1) is 0 Å². The van der Waals surface area contributed by atoms with E-state index < -0.39 is 20.9 Å². The second kappa shape index (κ2) is 13.4. The van der Waals surface area contributed by atoms with Crippen molar-refractivity contribution in [1.29, 1.82) is 0 Å². The number of benzene rings is 4. The van der Waals surface area contributed by atoms with Gasteiger partial charge in [0.1, 0.15) is 23.0 Å². The quantitative estimate of drug-likeness (QED) is 0.146. The van der Waals surface area contributed by atoms with E-state index in [0.717, 1.165) is 0 Å². The van der Waals surface area contributed by atoms with Gasteiger partial charge in [0.05, 0.1) is 11.8 Å². The molecular formula is C30H32O6P2. The Hall–Kier alpha value is -3.46. The minimum Gasteiger partial charge on any atom is -0.416 e.